The Morgan fingerprint density at radius 1 is 1.38 bits per heavy atom. The van der Waals surface area contributed by atoms with E-state index in [-0.39, 0.29) is 0 Å². The summed E-state index contributed by atoms with van der Waals surface area (Å²) in [5.41, 5.74) is -0.718. The molecule has 0 rings (SSSR count). The summed E-state index contributed by atoms with van der Waals surface area (Å²) in [6.07, 6.45) is 4.53. The average molecular weight is 229 g/mol. The highest BCUT2D eigenvalue weighted by atomic mass is 16.4. The van der Waals surface area contributed by atoms with Crippen molar-refractivity contribution >= 4 is 5.97 Å². The summed E-state index contributed by atoms with van der Waals surface area (Å²) >= 11 is 0. The molecular formula is C13H27NO2. The monoisotopic (exact) mass is 229 g/mol. The molecule has 3 nitrogen and oxygen atoms in total. The van der Waals surface area contributed by atoms with Crippen LogP contribution in [0.2, 0.25) is 0 Å². The zero-order valence-corrected chi connectivity index (χ0v) is 11.2. The van der Waals surface area contributed by atoms with E-state index < -0.39 is 11.5 Å². The van der Waals surface area contributed by atoms with Crippen molar-refractivity contribution in [2.24, 2.45) is 5.92 Å². The summed E-state index contributed by atoms with van der Waals surface area (Å²) in [5.74, 6) is -0.253. The topological polar surface area (TPSA) is 49.3 Å². The van der Waals surface area contributed by atoms with Crippen molar-refractivity contribution in [2.75, 3.05) is 6.54 Å². The highest BCUT2D eigenvalue weighted by Gasteiger charge is 2.36. The van der Waals surface area contributed by atoms with Crippen LogP contribution in [0.1, 0.15) is 59.8 Å². The van der Waals surface area contributed by atoms with Gasteiger partial charge in [0.25, 0.3) is 0 Å². The number of aliphatic carboxylic acids is 1. The SMILES string of the molecule is CCCCNC(CC)(CC(C)CC)C(=O)O. The smallest absolute Gasteiger partial charge is 0.323 e. The first-order valence-electron chi connectivity index (χ1n) is 6.50. The Hall–Kier alpha value is -0.570. The van der Waals surface area contributed by atoms with E-state index in [1.165, 1.54) is 0 Å². The lowest BCUT2D eigenvalue weighted by Gasteiger charge is -2.32. The summed E-state index contributed by atoms with van der Waals surface area (Å²) in [6, 6.07) is 0. The van der Waals surface area contributed by atoms with E-state index in [1.54, 1.807) is 0 Å². The van der Waals surface area contributed by atoms with Gasteiger partial charge in [-0.1, -0.05) is 40.5 Å². The normalized spacial score (nSPS) is 16.8. The van der Waals surface area contributed by atoms with Crippen LogP contribution < -0.4 is 5.32 Å². The van der Waals surface area contributed by atoms with Gasteiger partial charge in [-0.2, -0.15) is 0 Å². The van der Waals surface area contributed by atoms with Gasteiger partial charge >= 0.3 is 5.97 Å². The van der Waals surface area contributed by atoms with E-state index in [0.717, 1.165) is 32.2 Å². The third kappa shape index (κ3) is 4.52. The summed E-state index contributed by atoms with van der Waals surface area (Å²) in [4.78, 5) is 11.4. The number of hydrogen-bond donors (Lipinski definition) is 2. The molecule has 0 aromatic carbocycles. The number of hydrogen-bond acceptors (Lipinski definition) is 2. The Balaban J connectivity index is 4.51. The molecule has 3 heteroatoms. The van der Waals surface area contributed by atoms with Crippen LogP contribution in [0.5, 0.6) is 0 Å². The molecule has 0 heterocycles. The van der Waals surface area contributed by atoms with Crippen LogP contribution in [-0.2, 0) is 4.79 Å². The van der Waals surface area contributed by atoms with Crippen LogP contribution in [0.3, 0.4) is 0 Å². The zero-order valence-electron chi connectivity index (χ0n) is 11.2. The Morgan fingerprint density at radius 2 is 2.00 bits per heavy atom. The molecule has 0 aliphatic rings. The van der Waals surface area contributed by atoms with Gasteiger partial charge in [-0.3, -0.25) is 4.79 Å². The summed E-state index contributed by atoms with van der Waals surface area (Å²) < 4.78 is 0. The van der Waals surface area contributed by atoms with Crippen molar-refractivity contribution < 1.29 is 9.90 Å². The highest BCUT2D eigenvalue weighted by Crippen LogP contribution is 2.23. The van der Waals surface area contributed by atoms with E-state index in [9.17, 15) is 9.90 Å². The fourth-order valence-corrected chi connectivity index (χ4v) is 1.90. The predicted octanol–water partition coefficient (Wildman–Crippen LogP) is 3.05. The molecule has 0 fully saturated rings. The number of carboxylic acids is 1. The van der Waals surface area contributed by atoms with Crippen molar-refractivity contribution in [3.8, 4) is 0 Å². The van der Waals surface area contributed by atoms with Gasteiger partial charge < -0.3 is 10.4 Å². The lowest BCUT2D eigenvalue weighted by Crippen LogP contribution is -2.53. The highest BCUT2D eigenvalue weighted by molar-refractivity contribution is 5.78. The molecule has 0 saturated heterocycles. The predicted molar refractivity (Wildman–Crippen MR) is 67.6 cm³/mol. The minimum absolute atomic E-state index is 0.449. The molecule has 2 unspecified atom stereocenters. The molecule has 0 amide bonds. The molecule has 96 valence electrons. The van der Waals surface area contributed by atoms with E-state index in [4.69, 9.17) is 0 Å². The third-order valence-electron chi connectivity index (χ3n) is 3.40. The van der Waals surface area contributed by atoms with Crippen molar-refractivity contribution in [3.05, 3.63) is 0 Å². The van der Waals surface area contributed by atoms with Crippen molar-refractivity contribution in [2.45, 2.75) is 65.3 Å². The van der Waals surface area contributed by atoms with Gasteiger partial charge in [0.05, 0.1) is 0 Å². The van der Waals surface area contributed by atoms with Crippen molar-refractivity contribution in [1.29, 1.82) is 0 Å². The maximum absolute atomic E-state index is 11.4. The molecule has 0 aliphatic carbocycles. The second kappa shape index (κ2) is 7.66. The zero-order chi connectivity index (χ0) is 12.6. The van der Waals surface area contributed by atoms with Crippen LogP contribution in [0.4, 0.5) is 0 Å². The molecule has 0 spiro atoms. The van der Waals surface area contributed by atoms with Gasteiger partial charge in [0.2, 0.25) is 0 Å². The van der Waals surface area contributed by atoms with E-state index in [0.29, 0.717) is 12.3 Å². The van der Waals surface area contributed by atoms with Gasteiger partial charge in [0, 0.05) is 0 Å². The maximum atomic E-state index is 11.4. The molecule has 2 atom stereocenters. The van der Waals surface area contributed by atoms with Gasteiger partial charge in [-0.15, -0.1) is 0 Å². The van der Waals surface area contributed by atoms with Gasteiger partial charge in [0.1, 0.15) is 5.54 Å². The number of unbranched alkanes of at least 4 members (excludes halogenated alkanes) is 1. The van der Waals surface area contributed by atoms with Gasteiger partial charge in [-0.05, 0) is 31.7 Å². The molecule has 0 saturated carbocycles. The lowest BCUT2D eigenvalue weighted by atomic mass is 9.84. The van der Waals surface area contributed by atoms with Crippen LogP contribution in [0.15, 0.2) is 0 Å². The first-order valence-corrected chi connectivity index (χ1v) is 6.50. The second-order valence-electron chi connectivity index (χ2n) is 4.74. The Labute approximate surface area is 99.6 Å². The summed E-state index contributed by atoms with van der Waals surface area (Å²) in [6.45, 7) is 9.10. The second-order valence-corrected chi connectivity index (χ2v) is 4.74. The quantitative estimate of drug-likeness (QED) is 0.597. The van der Waals surface area contributed by atoms with Crippen molar-refractivity contribution in [3.63, 3.8) is 0 Å². The molecule has 0 aromatic rings. The molecular weight excluding hydrogens is 202 g/mol. The summed E-state index contributed by atoms with van der Waals surface area (Å²) in [7, 11) is 0. The van der Waals surface area contributed by atoms with Crippen molar-refractivity contribution in [1.82, 2.24) is 5.32 Å². The molecule has 0 bridgehead atoms. The minimum Gasteiger partial charge on any atom is -0.480 e. The van der Waals surface area contributed by atoms with E-state index >= 15 is 0 Å². The minimum atomic E-state index is -0.718. The third-order valence-corrected chi connectivity index (χ3v) is 3.40. The number of carboxylic acid groups (broad SMARTS) is 1. The van der Waals surface area contributed by atoms with Gasteiger partial charge in [-0.25, -0.2) is 0 Å². The molecule has 0 aliphatic heterocycles. The standard InChI is InChI=1S/C13H27NO2/c1-5-8-9-14-13(7-3,12(15)16)10-11(4)6-2/h11,14H,5-10H2,1-4H3,(H,15,16). The molecule has 0 aromatic heterocycles. The van der Waals surface area contributed by atoms with E-state index in [2.05, 4.69) is 26.1 Å². The van der Waals surface area contributed by atoms with Crippen LogP contribution in [-0.4, -0.2) is 23.2 Å². The average Bonchev–Trinajstić information content (AvgIpc) is 2.27. The Kier molecular flexibility index (Phi) is 7.39. The number of nitrogens with one attached hydrogen (secondary N) is 1. The van der Waals surface area contributed by atoms with E-state index in [1.807, 2.05) is 6.92 Å². The number of rotatable bonds is 9. The van der Waals surface area contributed by atoms with Gasteiger partial charge in [0.15, 0.2) is 0 Å². The van der Waals surface area contributed by atoms with Crippen LogP contribution in [0.25, 0.3) is 0 Å². The fraction of sp³-hybridized carbons (Fsp3) is 0.923. The Bertz CT molecular complexity index is 206. The number of carbonyl (C=O) groups is 1. The first kappa shape index (κ1) is 15.4. The molecule has 2 N–H and O–H groups in total. The lowest BCUT2D eigenvalue weighted by molar-refractivity contribution is -0.146. The molecule has 16 heavy (non-hydrogen) atoms. The summed E-state index contributed by atoms with van der Waals surface area (Å²) in [5, 5.41) is 12.7. The molecule has 0 radical (unpaired) electrons. The van der Waals surface area contributed by atoms with Crippen LogP contribution >= 0.6 is 0 Å². The largest absolute Gasteiger partial charge is 0.480 e. The first-order chi connectivity index (χ1) is 7.52. The van der Waals surface area contributed by atoms with Crippen LogP contribution in [0, 0.1) is 5.92 Å². The maximum Gasteiger partial charge on any atom is 0.323 e. The Morgan fingerprint density at radius 3 is 2.38 bits per heavy atom. The fourth-order valence-electron chi connectivity index (χ4n) is 1.90.